The Morgan fingerprint density at radius 1 is 1.40 bits per heavy atom. The summed E-state index contributed by atoms with van der Waals surface area (Å²) < 4.78 is 5.21. The number of hydrogen-bond donors (Lipinski definition) is 0. The van der Waals surface area contributed by atoms with Gasteiger partial charge in [-0.3, -0.25) is 0 Å². The highest BCUT2D eigenvalue weighted by atomic mass is 32.2. The van der Waals surface area contributed by atoms with E-state index in [2.05, 4.69) is 11.1 Å². The second-order valence-corrected chi connectivity index (χ2v) is 5.02. The molecule has 1 saturated carbocycles. The smallest absolute Gasteiger partial charge is 0.255 e. The molecule has 1 heterocycles. The van der Waals surface area contributed by atoms with Gasteiger partial charge in [0.25, 0.3) is 5.22 Å². The molecule has 1 aliphatic carbocycles. The van der Waals surface area contributed by atoms with Gasteiger partial charge in [0.15, 0.2) is 0 Å². The highest BCUT2D eigenvalue weighted by molar-refractivity contribution is 7.99. The van der Waals surface area contributed by atoms with Crippen LogP contribution in [0.5, 0.6) is 0 Å². The predicted octanol–water partition coefficient (Wildman–Crippen LogP) is 3.24. The number of hydrogen-bond acceptors (Lipinski definition) is 4. The number of aromatic nitrogens is 1. The quantitative estimate of drug-likeness (QED) is 0.721. The molecule has 80 valence electrons. The molecule has 0 N–H and O–H groups in total. The SMILES string of the molecule is N#CC1CCCCCC1Sc1ncco1. The number of thioether (sulfide) groups is 1. The largest absolute Gasteiger partial charge is 0.440 e. The normalized spacial score (nSPS) is 26.9. The van der Waals surface area contributed by atoms with Gasteiger partial charge in [0.05, 0.1) is 18.2 Å². The fourth-order valence-corrected chi connectivity index (χ4v) is 3.10. The molecule has 0 spiro atoms. The molecular weight excluding hydrogens is 208 g/mol. The predicted molar refractivity (Wildman–Crippen MR) is 58.3 cm³/mol. The van der Waals surface area contributed by atoms with Gasteiger partial charge in [0, 0.05) is 5.25 Å². The van der Waals surface area contributed by atoms with Crippen molar-refractivity contribution in [2.75, 3.05) is 0 Å². The Balaban J connectivity index is 2.01. The minimum absolute atomic E-state index is 0.157. The molecular formula is C11H14N2OS. The minimum Gasteiger partial charge on any atom is -0.440 e. The maximum Gasteiger partial charge on any atom is 0.255 e. The second kappa shape index (κ2) is 5.22. The van der Waals surface area contributed by atoms with E-state index in [1.807, 2.05) is 0 Å². The van der Waals surface area contributed by atoms with Crippen LogP contribution in [0.1, 0.15) is 32.1 Å². The first-order chi connectivity index (χ1) is 7.40. The first kappa shape index (κ1) is 10.6. The molecule has 0 amide bonds. The molecule has 1 fully saturated rings. The lowest BCUT2D eigenvalue weighted by Crippen LogP contribution is -2.13. The molecule has 1 aromatic heterocycles. The van der Waals surface area contributed by atoms with Gasteiger partial charge < -0.3 is 4.42 Å². The van der Waals surface area contributed by atoms with Crippen LogP contribution in [0.4, 0.5) is 0 Å². The van der Waals surface area contributed by atoms with Gasteiger partial charge >= 0.3 is 0 Å². The monoisotopic (exact) mass is 222 g/mol. The van der Waals surface area contributed by atoms with Crippen LogP contribution in [0, 0.1) is 17.2 Å². The van der Waals surface area contributed by atoms with Crippen molar-refractivity contribution >= 4 is 11.8 Å². The first-order valence-corrected chi connectivity index (χ1v) is 6.24. The van der Waals surface area contributed by atoms with E-state index < -0.39 is 0 Å². The Hall–Kier alpha value is -0.950. The summed E-state index contributed by atoms with van der Waals surface area (Å²) in [7, 11) is 0. The Bertz CT molecular complexity index is 331. The zero-order valence-electron chi connectivity index (χ0n) is 8.56. The zero-order valence-corrected chi connectivity index (χ0v) is 9.37. The van der Waals surface area contributed by atoms with Crippen molar-refractivity contribution in [3.63, 3.8) is 0 Å². The highest BCUT2D eigenvalue weighted by Crippen LogP contribution is 2.35. The molecule has 15 heavy (non-hydrogen) atoms. The van der Waals surface area contributed by atoms with E-state index >= 15 is 0 Å². The summed E-state index contributed by atoms with van der Waals surface area (Å²) in [5, 5.41) is 10.2. The van der Waals surface area contributed by atoms with E-state index in [4.69, 9.17) is 9.68 Å². The van der Waals surface area contributed by atoms with Crippen LogP contribution in [-0.4, -0.2) is 10.2 Å². The molecule has 2 unspecified atom stereocenters. The van der Waals surface area contributed by atoms with Crippen LogP contribution in [-0.2, 0) is 0 Å². The lowest BCUT2D eigenvalue weighted by molar-refractivity contribution is 0.450. The van der Waals surface area contributed by atoms with E-state index in [9.17, 15) is 0 Å². The molecule has 0 radical (unpaired) electrons. The maximum absolute atomic E-state index is 9.10. The molecule has 0 bridgehead atoms. The van der Waals surface area contributed by atoms with Crippen LogP contribution < -0.4 is 0 Å². The fraction of sp³-hybridized carbons (Fsp3) is 0.636. The number of nitriles is 1. The molecule has 0 aliphatic heterocycles. The zero-order chi connectivity index (χ0) is 10.5. The molecule has 0 aromatic carbocycles. The van der Waals surface area contributed by atoms with E-state index in [1.165, 1.54) is 19.3 Å². The fourth-order valence-electron chi connectivity index (χ4n) is 1.96. The standard InChI is InChI=1S/C11H14N2OS/c12-8-9-4-2-1-3-5-10(9)15-11-13-6-7-14-11/h6-7,9-10H,1-5H2. The maximum atomic E-state index is 9.10. The van der Waals surface area contributed by atoms with Gasteiger partial charge in [-0.05, 0) is 12.8 Å². The van der Waals surface area contributed by atoms with Crippen molar-refractivity contribution in [3.05, 3.63) is 12.5 Å². The lowest BCUT2D eigenvalue weighted by atomic mass is 10.0. The highest BCUT2D eigenvalue weighted by Gasteiger charge is 2.25. The second-order valence-electron chi connectivity index (χ2n) is 3.83. The number of nitrogens with zero attached hydrogens (tertiary/aromatic N) is 2. The summed E-state index contributed by atoms with van der Waals surface area (Å²) in [6.45, 7) is 0. The van der Waals surface area contributed by atoms with E-state index in [-0.39, 0.29) is 5.92 Å². The molecule has 0 saturated heterocycles. The average molecular weight is 222 g/mol. The summed E-state index contributed by atoms with van der Waals surface area (Å²) in [4.78, 5) is 4.10. The van der Waals surface area contributed by atoms with E-state index in [1.54, 1.807) is 24.2 Å². The molecule has 1 aromatic rings. The molecule has 2 atom stereocenters. The van der Waals surface area contributed by atoms with Crippen molar-refractivity contribution in [2.24, 2.45) is 5.92 Å². The third kappa shape index (κ3) is 2.75. The third-order valence-electron chi connectivity index (χ3n) is 2.78. The van der Waals surface area contributed by atoms with Crippen LogP contribution >= 0.6 is 11.8 Å². The van der Waals surface area contributed by atoms with Crippen molar-refractivity contribution in [2.45, 2.75) is 42.6 Å². The summed E-state index contributed by atoms with van der Waals surface area (Å²) in [5.41, 5.74) is 0. The summed E-state index contributed by atoms with van der Waals surface area (Å²) in [6.07, 6.45) is 9.01. The van der Waals surface area contributed by atoms with Crippen LogP contribution in [0.2, 0.25) is 0 Å². The molecule has 4 heteroatoms. The lowest BCUT2D eigenvalue weighted by Gasteiger charge is -2.16. The topological polar surface area (TPSA) is 49.8 Å². The van der Waals surface area contributed by atoms with Crippen molar-refractivity contribution < 1.29 is 4.42 Å². The number of oxazole rings is 1. The van der Waals surface area contributed by atoms with Crippen molar-refractivity contribution in [1.82, 2.24) is 4.98 Å². The van der Waals surface area contributed by atoms with Crippen molar-refractivity contribution in [1.29, 1.82) is 5.26 Å². The Morgan fingerprint density at radius 2 is 2.27 bits per heavy atom. The van der Waals surface area contributed by atoms with Gasteiger partial charge in [-0.25, -0.2) is 4.98 Å². The Morgan fingerprint density at radius 3 is 3.00 bits per heavy atom. The summed E-state index contributed by atoms with van der Waals surface area (Å²) >= 11 is 1.62. The van der Waals surface area contributed by atoms with Gasteiger partial charge in [0.2, 0.25) is 0 Å². The van der Waals surface area contributed by atoms with Crippen LogP contribution in [0.3, 0.4) is 0 Å². The van der Waals surface area contributed by atoms with Crippen LogP contribution in [0.15, 0.2) is 22.1 Å². The summed E-state index contributed by atoms with van der Waals surface area (Å²) in [5.74, 6) is 0.157. The molecule has 2 rings (SSSR count). The van der Waals surface area contributed by atoms with Gasteiger partial charge in [0.1, 0.15) is 6.26 Å². The van der Waals surface area contributed by atoms with E-state index in [0.29, 0.717) is 10.5 Å². The summed E-state index contributed by atoms with van der Waals surface area (Å²) in [6, 6.07) is 2.42. The minimum atomic E-state index is 0.157. The molecule has 3 nitrogen and oxygen atoms in total. The Kier molecular flexibility index (Phi) is 3.68. The van der Waals surface area contributed by atoms with Gasteiger partial charge in [-0.2, -0.15) is 5.26 Å². The first-order valence-electron chi connectivity index (χ1n) is 5.36. The Labute approximate surface area is 93.9 Å². The van der Waals surface area contributed by atoms with Gasteiger partial charge in [-0.15, -0.1) is 0 Å². The average Bonchev–Trinajstić information content (AvgIpc) is 2.64. The van der Waals surface area contributed by atoms with Crippen molar-refractivity contribution in [3.8, 4) is 6.07 Å². The van der Waals surface area contributed by atoms with E-state index in [0.717, 1.165) is 12.8 Å². The van der Waals surface area contributed by atoms with Gasteiger partial charge in [-0.1, -0.05) is 31.0 Å². The molecule has 1 aliphatic rings. The third-order valence-corrected chi connectivity index (χ3v) is 4.05. The van der Waals surface area contributed by atoms with Crippen LogP contribution in [0.25, 0.3) is 0 Å². The number of rotatable bonds is 2.